The Morgan fingerprint density at radius 3 is 1.33 bits per heavy atom. The zero-order chi connectivity index (χ0) is 76.4. The van der Waals surface area contributed by atoms with Gasteiger partial charge in [0, 0.05) is 48.8 Å². The van der Waals surface area contributed by atoms with Gasteiger partial charge in [-0.15, -0.1) is 0 Å². The fourth-order valence-electron chi connectivity index (χ4n) is 9.55. The van der Waals surface area contributed by atoms with E-state index in [0.29, 0.717) is 54.4 Å². The second-order valence-electron chi connectivity index (χ2n) is 26.0. The van der Waals surface area contributed by atoms with Crippen molar-refractivity contribution in [3.05, 3.63) is 94.8 Å². The molecule has 2 aromatic heterocycles. The number of nitrogens with one attached hydrogen (secondary N) is 5. The van der Waals surface area contributed by atoms with E-state index in [9.17, 15) is 52.3 Å². The molecular weight excluding hydrogens is 1450 g/mol. The summed E-state index contributed by atoms with van der Waals surface area (Å²) >= 11 is 33.6. The van der Waals surface area contributed by atoms with Crippen LogP contribution in [0.1, 0.15) is 157 Å². The van der Waals surface area contributed by atoms with Gasteiger partial charge in [0.2, 0.25) is 25.3 Å². The fourth-order valence-corrected chi connectivity index (χ4v) is 9.87. The molecule has 2 aliphatic rings. The van der Waals surface area contributed by atoms with E-state index in [4.69, 9.17) is 99.4 Å². The Hall–Kier alpha value is -7.08. The number of carboxylic acid groups (broad SMARTS) is 1. The number of nitrogens with zero attached hydrogens (tertiary/aromatic N) is 4. The molecule has 8 atom stereocenters. The Morgan fingerprint density at radius 2 is 0.970 bits per heavy atom. The van der Waals surface area contributed by atoms with Crippen LogP contribution in [-0.2, 0) is 66.9 Å². The number of ether oxygens (including phenoxy) is 4. The van der Waals surface area contributed by atoms with Crippen LogP contribution in [0.3, 0.4) is 0 Å². The van der Waals surface area contributed by atoms with E-state index in [1.54, 1.807) is 97.0 Å². The van der Waals surface area contributed by atoms with Crippen molar-refractivity contribution < 1.29 is 80.8 Å². The Labute approximate surface area is 615 Å². The van der Waals surface area contributed by atoms with Crippen LogP contribution < -0.4 is 32.5 Å². The highest BCUT2D eigenvalue weighted by molar-refractivity contribution is 6.68. The predicted octanol–water partition coefficient (Wildman–Crippen LogP) is 10.1. The normalized spacial score (nSPS) is 17.1. The maximum Gasteiger partial charge on any atom is 0.325 e. The molecule has 2 saturated heterocycles. The number of esters is 4. The summed E-state index contributed by atoms with van der Waals surface area (Å²) < 4.78 is 47.1. The Bertz CT molecular complexity index is 3720. The molecule has 0 saturated carbocycles. The molecule has 8 N–H and O–H groups in total. The highest BCUT2D eigenvalue weighted by atomic mass is 35.6. The van der Waals surface area contributed by atoms with Gasteiger partial charge in [-0.3, -0.25) is 58.0 Å². The molecule has 0 radical (unpaired) electrons. The monoisotopic (exact) mass is 1530 g/mol. The molecule has 5 amide bonds. The van der Waals surface area contributed by atoms with Gasteiger partial charge in [0.1, 0.15) is 66.7 Å². The highest BCUT2D eigenvalue weighted by Crippen LogP contribution is 2.31. The Kier molecular flexibility index (Phi) is 32.4. The minimum Gasteiger partial charge on any atom is -0.481 e. The Balaban J connectivity index is 0.000000355. The van der Waals surface area contributed by atoms with Crippen molar-refractivity contribution in [2.75, 3.05) is 26.3 Å². The number of carbonyl (C=O) groups is 10. The van der Waals surface area contributed by atoms with Crippen molar-refractivity contribution in [1.82, 2.24) is 46.8 Å². The summed E-state index contributed by atoms with van der Waals surface area (Å²) in [4.78, 5) is 131. The van der Waals surface area contributed by atoms with Gasteiger partial charge in [0.05, 0.1) is 28.3 Å². The molecular formula is C68H88Cl6F2N10O15. The first-order chi connectivity index (χ1) is 46.7. The van der Waals surface area contributed by atoms with Gasteiger partial charge < -0.3 is 45.7 Å². The third-order valence-corrected chi connectivity index (χ3v) is 16.3. The number of pyridine rings is 2. The van der Waals surface area contributed by atoms with Crippen molar-refractivity contribution >= 4 is 163 Å². The number of halogens is 8. The average Bonchev–Trinajstić information content (AvgIpc) is 0.802. The fraction of sp³-hybridized carbons (Fsp3) is 0.529. The molecule has 4 heterocycles. The van der Waals surface area contributed by atoms with E-state index < -0.39 is 139 Å². The van der Waals surface area contributed by atoms with Crippen LogP contribution in [0.25, 0.3) is 34.0 Å². The number of benzene rings is 2. The molecule has 4 aromatic rings. The van der Waals surface area contributed by atoms with Crippen LogP contribution in [0.15, 0.2) is 60.7 Å². The lowest BCUT2D eigenvalue weighted by Gasteiger charge is -2.35. The molecule has 556 valence electrons. The number of carboxylic acids is 1. The van der Waals surface area contributed by atoms with Crippen molar-refractivity contribution in [3.8, 4) is 0 Å². The second kappa shape index (κ2) is 37.9. The quantitative estimate of drug-likeness (QED) is 0.0206. The van der Waals surface area contributed by atoms with E-state index in [1.165, 1.54) is 68.9 Å². The van der Waals surface area contributed by atoms with Crippen LogP contribution in [0.5, 0.6) is 0 Å². The molecule has 33 heteroatoms. The van der Waals surface area contributed by atoms with Crippen molar-refractivity contribution in [2.24, 2.45) is 28.4 Å². The summed E-state index contributed by atoms with van der Waals surface area (Å²) in [5, 5.41) is 20.8. The molecule has 0 bridgehead atoms. The van der Waals surface area contributed by atoms with Crippen LogP contribution in [0.2, 0.25) is 0 Å². The molecule has 0 unspecified atom stereocenters. The highest BCUT2D eigenvalue weighted by Gasteiger charge is 2.38. The number of hydrogen-bond donors (Lipinski definition) is 7. The van der Waals surface area contributed by atoms with E-state index in [0.717, 1.165) is 0 Å². The van der Waals surface area contributed by atoms with Crippen LogP contribution in [0, 0.1) is 34.3 Å². The molecule has 6 rings (SSSR count). The van der Waals surface area contributed by atoms with Gasteiger partial charge in [-0.2, -0.15) is 0 Å². The van der Waals surface area contributed by atoms with Gasteiger partial charge in [0.25, 0.3) is 11.8 Å². The number of hydrazine groups is 2. The lowest BCUT2D eigenvalue weighted by atomic mass is 9.89. The van der Waals surface area contributed by atoms with Gasteiger partial charge in [0.15, 0.2) is 11.6 Å². The van der Waals surface area contributed by atoms with Gasteiger partial charge >= 0.3 is 29.8 Å². The zero-order valence-corrected chi connectivity index (χ0v) is 62.9. The average molecular weight is 1540 g/mol. The first-order valence-corrected chi connectivity index (χ1v) is 34.4. The van der Waals surface area contributed by atoms with Crippen molar-refractivity contribution in [3.63, 3.8) is 0 Å². The van der Waals surface area contributed by atoms with Crippen LogP contribution >= 0.6 is 69.6 Å². The number of amides is 5. The number of aromatic nitrogens is 2. The summed E-state index contributed by atoms with van der Waals surface area (Å²) in [6, 6.07) is 8.15. The molecule has 0 aliphatic carbocycles. The number of nitrogens with two attached hydrogens (primary N) is 1. The number of alkyl halides is 6. The second-order valence-corrected chi connectivity index (χ2v) is 31.0. The lowest BCUT2D eigenvalue weighted by Crippen LogP contribution is -2.61. The summed E-state index contributed by atoms with van der Waals surface area (Å²) in [6.07, 6.45) is 6.53. The Morgan fingerprint density at radius 1 is 0.594 bits per heavy atom. The van der Waals surface area contributed by atoms with Crippen molar-refractivity contribution in [2.45, 2.75) is 179 Å². The molecule has 101 heavy (non-hydrogen) atoms. The van der Waals surface area contributed by atoms with Gasteiger partial charge in [-0.1, -0.05) is 158 Å². The summed E-state index contributed by atoms with van der Waals surface area (Å²) in [5.74, 6) is -7.20. The minimum atomic E-state index is -1.78. The van der Waals surface area contributed by atoms with Crippen LogP contribution in [0.4, 0.5) is 8.78 Å². The predicted molar refractivity (Wildman–Crippen MR) is 380 cm³/mol. The zero-order valence-electron chi connectivity index (χ0n) is 58.4. The molecule has 25 nitrogen and oxygen atoms in total. The molecule has 2 fully saturated rings. The maximum absolute atomic E-state index is 15.6. The third kappa shape index (κ3) is 26.9. The van der Waals surface area contributed by atoms with Gasteiger partial charge in [-0.25, -0.2) is 29.6 Å². The first-order valence-electron chi connectivity index (χ1n) is 32.2. The third-order valence-electron chi connectivity index (χ3n) is 15.7. The number of carbonyl (C=O) groups excluding carboxylic acids is 9. The number of rotatable bonds is 23. The van der Waals surface area contributed by atoms with E-state index in [-0.39, 0.29) is 53.1 Å². The SMILES string of the molecule is CC(=O)O[C@H](C)c1ccc2ccc(/C=C/C(C)(C)C(=O)N[C@H](C(=O)N[C@@H](C)C(=O)N3CCC[C@@H](C(=O)OCC(Cl)(Cl)Cl)N3)C(C)C)c(F)c2n1.CC(=O)O[C@H](C)c1ccc2ccc(/C=C/C(C)(C)C(=O)O)c(F)c2n1.CC(C)[C@H](N)C(=O)N[C@@H](C)C(=O)N1CCC[C@@H](C(=O)OCC(Cl)(Cl)Cl)N1. The number of hydrogen-bond acceptors (Lipinski definition) is 19. The van der Waals surface area contributed by atoms with Crippen molar-refractivity contribution in [1.29, 1.82) is 0 Å². The molecule has 2 aromatic carbocycles. The smallest absolute Gasteiger partial charge is 0.325 e. The van der Waals surface area contributed by atoms with E-state index in [2.05, 4.69) is 36.8 Å². The first kappa shape index (κ1) is 86.3. The van der Waals surface area contributed by atoms with Crippen LogP contribution in [-0.4, -0.2) is 155 Å². The number of fused-ring (bicyclic) bond motifs is 2. The topological polar surface area (TPSA) is 346 Å². The largest absolute Gasteiger partial charge is 0.481 e. The molecule has 0 spiro atoms. The number of aliphatic carboxylic acids is 1. The minimum absolute atomic E-state index is 0.0533. The maximum atomic E-state index is 15.6. The molecule has 2 aliphatic heterocycles. The summed E-state index contributed by atoms with van der Waals surface area (Å²) in [6.45, 7) is 22.2. The standard InChI is InChI=1S/C34H43Cl3FN5O7.C19H20FNO4.C15H25Cl3N4O4/c1-18(2)27(29(45)39-19(3)30(46)43-16-8-9-25(42-43)31(47)49-17-34(35,36)37)41-32(48)33(6,7)15-14-22-10-11-23-12-13-24(20(4)50-21(5)44)40-28(23)26(22)38;1-11(25-12(2)22)15-8-7-14-6-5-13(16(20)17(14)21-15)9-10-19(3,4)18(23)24;1-8(2)11(19)12(23)20-9(3)13(24)22-6-4-5-10(21-22)14(25)26-7-15(16,17)18/h10-15,18-20,25,27,42H,8-9,16-17H2,1-7H3,(H,39,45)(H,41,48);5-11H,1-4H3,(H,23,24);8-11,21H,4-7,19H2,1-3H3,(H,20,23)/b15-14+;10-9+;/t19-,20+,25-,27-;11-;9-,10-,11-/m010/s1. The lowest BCUT2D eigenvalue weighted by molar-refractivity contribution is -0.154. The van der Waals surface area contributed by atoms with E-state index >= 15 is 4.39 Å². The van der Waals surface area contributed by atoms with Gasteiger partial charge in [-0.05, 0) is 105 Å². The van der Waals surface area contributed by atoms with E-state index in [1.807, 2.05) is 13.8 Å². The summed E-state index contributed by atoms with van der Waals surface area (Å²) in [5.41, 5.74) is 10.5. The summed E-state index contributed by atoms with van der Waals surface area (Å²) in [7, 11) is 0.